The highest BCUT2D eigenvalue weighted by molar-refractivity contribution is 5.89. The summed E-state index contributed by atoms with van der Waals surface area (Å²) in [4.78, 5) is 29.8. The summed E-state index contributed by atoms with van der Waals surface area (Å²) in [5.41, 5.74) is 3.24. The van der Waals surface area contributed by atoms with Crippen molar-refractivity contribution >= 4 is 22.6 Å². The van der Waals surface area contributed by atoms with Crippen molar-refractivity contribution in [2.45, 2.75) is 70.0 Å². The predicted octanol–water partition coefficient (Wildman–Crippen LogP) is 6.86. The third-order valence-electron chi connectivity index (χ3n) is 7.91. The van der Waals surface area contributed by atoms with Crippen LogP contribution in [0.3, 0.4) is 0 Å². The molecule has 0 radical (unpaired) electrons. The lowest BCUT2D eigenvalue weighted by atomic mass is 9.94. The van der Waals surface area contributed by atoms with Crippen LogP contribution in [0.2, 0.25) is 0 Å². The molecule has 4 nitrogen and oxygen atoms in total. The van der Waals surface area contributed by atoms with Crippen molar-refractivity contribution in [2.75, 3.05) is 0 Å². The average Bonchev–Trinajstić information content (AvgIpc) is 2.99. The van der Waals surface area contributed by atoms with E-state index >= 15 is 0 Å². The Morgan fingerprint density at radius 3 is 2.13 bits per heavy atom. The molecule has 0 spiro atoms. The van der Waals surface area contributed by atoms with Gasteiger partial charge in [0.25, 0.3) is 0 Å². The van der Waals surface area contributed by atoms with E-state index in [1.807, 2.05) is 77.7 Å². The standard InChI is InChI=1S/C35H38N2O2/c38-34(24-23-30-19-12-18-29-17-10-11-22-32(29)30)37(26-28-15-6-2-7-16-28)33(25-27-13-4-1-5-14-27)35(39)36-31-20-8-3-9-21-31/h1-2,4-7,10-19,22,31,33H,3,8-9,20-21,23-26H2,(H,36,39)/t33-/m0/s1. The molecular weight excluding hydrogens is 480 g/mol. The second-order valence-electron chi connectivity index (χ2n) is 10.7. The Morgan fingerprint density at radius 1 is 0.744 bits per heavy atom. The van der Waals surface area contributed by atoms with Gasteiger partial charge in [-0.2, -0.15) is 0 Å². The number of carbonyl (C=O) groups is 2. The van der Waals surface area contributed by atoms with Crippen molar-refractivity contribution in [1.29, 1.82) is 0 Å². The molecule has 1 fully saturated rings. The number of nitrogens with one attached hydrogen (secondary N) is 1. The summed E-state index contributed by atoms with van der Waals surface area (Å²) in [7, 11) is 0. The van der Waals surface area contributed by atoms with Gasteiger partial charge in [-0.25, -0.2) is 0 Å². The number of hydrogen-bond acceptors (Lipinski definition) is 2. The molecule has 0 aromatic heterocycles. The Hall–Kier alpha value is -3.92. The van der Waals surface area contributed by atoms with Crippen molar-refractivity contribution in [3.8, 4) is 0 Å². The average molecular weight is 519 g/mol. The minimum absolute atomic E-state index is 0.00603. The summed E-state index contributed by atoms with van der Waals surface area (Å²) in [5.74, 6) is -0.0355. The van der Waals surface area contributed by atoms with Gasteiger partial charge >= 0.3 is 0 Å². The molecule has 4 aromatic rings. The van der Waals surface area contributed by atoms with E-state index in [1.54, 1.807) is 0 Å². The molecule has 0 saturated heterocycles. The molecule has 1 aliphatic rings. The fourth-order valence-electron chi connectivity index (χ4n) is 5.77. The Morgan fingerprint density at radius 2 is 1.38 bits per heavy atom. The van der Waals surface area contributed by atoms with Crippen molar-refractivity contribution < 1.29 is 9.59 Å². The molecule has 1 N–H and O–H groups in total. The lowest BCUT2D eigenvalue weighted by Gasteiger charge is -2.33. The Bertz CT molecular complexity index is 1360. The van der Waals surface area contributed by atoms with E-state index < -0.39 is 6.04 Å². The number of benzene rings is 4. The number of aryl methyl sites for hydroxylation is 1. The molecule has 1 atom stereocenters. The summed E-state index contributed by atoms with van der Waals surface area (Å²) in [6.45, 7) is 0.408. The minimum atomic E-state index is -0.574. The van der Waals surface area contributed by atoms with Gasteiger partial charge in [0.05, 0.1) is 0 Å². The highest BCUT2D eigenvalue weighted by atomic mass is 16.2. The van der Waals surface area contributed by atoms with Gasteiger partial charge in [0.15, 0.2) is 0 Å². The first-order chi connectivity index (χ1) is 19.2. The zero-order chi connectivity index (χ0) is 26.9. The monoisotopic (exact) mass is 518 g/mol. The van der Waals surface area contributed by atoms with Crippen molar-refractivity contribution in [3.63, 3.8) is 0 Å². The molecule has 0 unspecified atom stereocenters. The smallest absolute Gasteiger partial charge is 0.243 e. The molecule has 0 bridgehead atoms. The van der Waals surface area contributed by atoms with Crippen LogP contribution >= 0.6 is 0 Å². The lowest BCUT2D eigenvalue weighted by molar-refractivity contribution is -0.141. The first-order valence-corrected chi connectivity index (χ1v) is 14.3. The first kappa shape index (κ1) is 26.7. The third-order valence-corrected chi connectivity index (χ3v) is 7.91. The molecule has 0 heterocycles. The zero-order valence-corrected chi connectivity index (χ0v) is 22.6. The fourth-order valence-corrected chi connectivity index (χ4v) is 5.77. The van der Waals surface area contributed by atoms with Crippen molar-refractivity contribution in [3.05, 3.63) is 120 Å². The van der Waals surface area contributed by atoms with E-state index in [1.165, 1.54) is 17.2 Å². The lowest BCUT2D eigenvalue weighted by Crippen LogP contribution is -2.52. The Kier molecular flexibility index (Phi) is 9.05. The quantitative estimate of drug-likeness (QED) is 0.249. The van der Waals surface area contributed by atoms with E-state index in [0.29, 0.717) is 25.8 Å². The predicted molar refractivity (Wildman–Crippen MR) is 158 cm³/mol. The fraction of sp³-hybridized carbons (Fsp3) is 0.314. The molecule has 2 amide bonds. The van der Waals surface area contributed by atoms with Gasteiger partial charge < -0.3 is 10.2 Å². The van der Waals surface area contributed by atoms with Crippen molar-refractivity contribution in [2.24, 2.45) is 0 Å². The second-order valence-corrected chi connectivity index (χ2v) is 10.7. The molecular formula is C35H38N2O2. The number of amides is 2. The number of nitrogens with zero attached hydrogens (tertiary/aromatic N) is 1. The summed E-state index contributed by atoms with van der Waals surface area (Å²) < 4.78 is 0. The maximum absolute atomic E-state index is 14.0. The van der Waals surface area contributed by atoms with Crippen LogP contribution in [0.5, 0.6) is 0 Å². The molecule has 1 saturated carbocycles. The zero-order valence-electron chi connectivity index (χ0n) is 22.6. The summed E-state index contributed by atoms with van der Waals surface area (Å²) >= 11 is 0. The molecule has 200 valence electrons. The number of fused-ring (bicyclic) bond motifs is 1. The van der Waals surface area contributed by atoms with Gasteiger partial charge in [0.1, 0.15) is 6.04 Å². The molecule has 39 heavy (non-hydrogen) atoms. The normalized spacial score (nSPS) is 14.6. The summed E-state index contributed by atoms with van der Waals surface area (Å²) in [6, 6.07) is 34.3. The van der Waals surface area contributed by atoms with Crippen LogP contribution in [-0.2, 0) is 29.0 Å². The first-order valence-electron chi connectivity index (χ1n) is 14.3. The van der Waals surface area contributed by atoms with Gasteiger partial charge in [-0.05, 0) is 46.7 Å². The Balaban J connectivity index is 1.42. The van der Waals surface area contributed by atoms with Crippen molar-refractivity contribution in [1.82, 2.24) is 10.2 Å². The highest BCUT2D eigenvalue weighted by Crippen LogP contribution is 2.23. The SMILES string of the molecule is O=C(NC1CCCCC1)[C@H](Cc1ccccc1)N(Cc1ccccc1)C(=O)CCc1cccc2ccccc12. The third kappa shape index (κ3) is 7.14. The number of carbonyl (C=O) groups excluding carboxylic acids is 2. The van der Waals surface area contributed by atoms with E-state index in [4.69, 9.17) is 0 Å². The largest absolute Gasteiger partial charge is 0.352 e. The van der Waals surface area contributed by atoms with Crippen LogP contribution in [0.15, 0.2) is 103 Å². The van der Waals surface area contributed by atoms with Crippen LogP contribution in [0.4, 0.5) is 0 Å². The molecule has 1 aliphatic carbocycles. The summed E-state index contributed by atoms with van der Waals surface area (Å²) in [5, 5.41) is 5.68. The molecule has 0 aliphatic heterocycles. The van der Waals surface area contributed by atoms with Crippen LogP contribution in [0, 0.1) is 0 Å². The number of hydrogen-bond donors (Lipinski definition) is 1. The molecule has 4 heteroatoms. The van der Waals surface area contributed by atoms with Gasteiger partial charge in [0.2, 0.25) is 11.8 Å². The highest BCUT2D eigenvalue weighted by Gasteiger charge is 2.31. The van der Waals surface area contributed by atoms with Gasteiger partial charge in [-0.3, -0.25) is 9.59 Å². The van der Waals surface area contributed by atoms with E-state index in [2.05, 4.69) is 35.6 Å². The van der Waals surface area contributed by atoms with Gasteiger partial charge in [-0.15, -0.1) is 0 Å². The van der Waals surface area contributed by atoms with Gasteiger partial charge in [0, 0.05) is 25.4 Å². The maximum atomic E-state index is 14.0. The van der Waals surface area contributed by atoms with E-state index in [9.17, 15) is 9.59 Å². The molecule has 4 aromatic carbocycles. The van der Waals surface area contributed by atoms with E-state index in [0.717, 1.165) is 42.4 Å². The molecule has 5 rings (SSSR count). The second kappa shape index (κ2) is 13.2. The van der Waals surface area contributed by atoms with Crippen LogP contribution < -0.4 is 5.32 Å². The maximum Gasteiger partial charge on any atom is 0.243 e. The van der Waals surface area contributed by atoms with Crippen LogP contribution in [0.1, 0.15) is 55.2 Å². The van der Waals surface area contributed by atoms with Crippen LogP contribution in [0.25, 0.3) is 10.8 Å². The topological polar surface area (TPSA) is 49.4 Å². The Labute approximate surface area is 232 Å². The van der Waals surface area contributed by atoms with E-state index in [-0.39, 0.29) is 17.9 Å². The van der Waals surface area contributed by atoms with Gasteiger partial charge in [-0.1, -0.05) is 122 Å². The summed E-state index contributed by atoms with van der Waals surface area (Å²) in [6.07, 6.45) is 7.02. The number of rotatable bonds is 10. The van der Waals surface area contributed by atoms with Crippen LogP contribution in [-0.4, -0.2) is 28.8 Å². The minimum Gasteiger partial charge on any atom is -0.352 e.